The standard InChI is InChI=1S/C9H16N2O2/c1-7(12)6-11-9(13)10-5-4-8-2-3-8/h4-5,7-8,12H,2-3,6H2,1H3,(H2,10,11,13)/b5-4+. The summed E-state index contributed by atoms with van der Waals surface area (Å²) < 4.78 is 0. The maximum absolute atomic E-state index is 11.0. The SMILES string of the molecule is CC(O)CNC(=O)N/C=C/C1CC1. The van der Waals surface area contributed by atoms with Crippen LogP contribution in [0.2, 0.25) is 0 Å². The highest BCUT2D eigenvalue weighted by atomic mass is 16.3. The van der Waals surface area contributed by atoms with Crippen LogP contribution in [0.25, 0.3) is 0 Å². The van der Waals surface area contributed by atoms with Gasteiger partial charge in [0.2, 0.25) is 0 Å². The third-order valence-electron chi connectivity index (χ3n) is 1.76. The number of aliphatic hydroxyl groups excluding tert-OH is 1. The molecule has 0 radical (unpaired) electrons. The summed E-state index contributed by atoms with van der Waals surface area (Å²) in [6.07, 6.45) is 5.61. The molecule has 1 rings (SSSR count). The Hall–Kier alpha value is -1.03. The number of hydrogen-bond acceptors (Lipinski definition) is 2. The lowest BCUT2D eigenvalue weighted by atomic mass is 10.4. The van der Waals surface area contributed by atoms with Gasteiger partial charge in [0, 0.05) is 12.7 Å². The summed E-state index contributed by atoms with van der Waals surface area (Å²) in [4.78, 5) is 11.0. The minimum Gasteiger partial charge on any atom is -0.392 e. The molecule has 0 aliphatic heterocycles. The van der Waals surface area contributed by atoms with E-state index in [4.69, 9.17) is 5.11 Å². The van der Waals surface area contributed by atoms with Crippen molar-refractivity contribution in [3.05, 3.63) is 12.3 Å². The van der Waals surface area contributed by atoms with E-state index < -0.39 is 6.10 Å². The number of allylic oxidation sites excluding steroid dienone is 1. The number of hydrogen-bond donors (Lipinski definition) is 3. The Morgan fingerprint density at radius 1 is 1.69 bits per heavy atom. The van der Waals surface area contributed by atoms with Gasteiger partial charge in [0.05, 0.1) is 6.10 Å². The molecule has 13 heavy (non-hydrogen) atoms. The van der Waals surface area contributed by atoms with Crippen LogP contribution in [-0.2, 0) is 0 Å². The third-order valence-corrected chi connectivity index (χ3v) is 1.76. The number of nitrogens with one attached hydrogen (secondary N) is 2. The molecule has 74 valence electrons. The molecule has 0 saturated heterocycles. The first-order chi connectivity index (χ1) is 6.18. The fourth-order valence-corrected chi connectivity index (χ4v) is 0.840. The van der Waals surface area contributed by atoms with Crippen LogP contribution in [0, 0.1) is 5.92 Å². The van der Waals surface area contributed by atoms with Crippen LogP contribution in [-0.4, -0.2) is 23.8 Å². The lowest BCUT2D eigenvalue weighted by molar-refractivity contribution is 0.188. The fourth-order valence-electron chi connectivity index (χ4n) is 0.840. The Kier molecular flexibility index (Phi) is 3.76. The Bertz CT molecular complexity index is 198. The van der Waals surface area contributed by atoms with E-state index in [1.54, 1.807) is 13.1 Å². The highest BCUT2D eigenvalue weighted by Gasteiger charge is 2.16. The molecule has 0 heterocycles. The van der Waals surface area contributed by atoms with Crippen molar-refractivity contribution in [1.82, 2.24) is 10.6 Å². The van der Waals surface area contributed by atoms with E-state index >= 15 is 0 Å². The van der Waals surface area contributed by atoms with Crippen molar-refractivity contribution < 1.29 is 9.90 Å². The summed E-state index contributed by atoms with van der Waals surface area (Å²) in [5, 5.41) is 14.0. The molecule has 3 N–H and O–H groups in total. The van der Waals surface area contributed by atoms with Crippen LogP contribution in [0.1, 0.15) is 19.8 Å². The molecule has 4 nitrogen and oxygen atoms in total. The molecule has 4 heteroatoms. The smallest absolute Gasteiger partial charge is 0.318 e. The average Bonchev–Trinajstić information content (AvgIpc) is 2.84. The lowest BCUT2D eigenvalue weighted by Crippen LogP contribution is -2.36. The summed E-state index contributed by atoms with van der Waals surface area (Å²) in [6.45, 7) is 1.91. The lowest BCUT2D eigenvalue weighted by Gasteiger charge is -2.05. The number of carbonyl (C=O) groups is 1. The summed E-state index contributed by atoms with van der Waals surface area (Å²) in [5.41, 5.74) is 0. The van der Waals surface area contributed by atoms with Crippen LogP contribution in [0.15, 0.2) is 12.3 Å². The first-order valence-electron chi connectivity index (χ1n) is 4.57. The summed E-state index contributed by atoms with van der Waals surface area (Å²) in [5.74, 6) is 0.664. The molecular weight excluding hydrogens is 168 g/mol. The van der Waals surface area contributed by atoms with E-state index in [-0.39, 0.29) is 12.6 Å². The van der Waals surface area contributed by atoms with Crippen LogP contribution in [0.5, 0.6) is 0 Å². The van der Waals surface area contributed by atoms with Gasteiger partial charge < -0.3 is 15.7 Å². The third kappa shape index (κ3) is 5.25. The zero-order chi connectivity index (χ0) is 9.68. The molecule has 0 aromatic carbocycles. The van der Waals surface area contributed by atoms with Crippen molar-refractivity contribution >= 4 is 6.03 Å². The average molecular weight is 184 g/mol. The Labute approximate surface area is 78.0 Å². The highest BCUT2D eigenvalue weighted by molar-refractivity contribution is 5.74. The highest BCUT2D eigenvalue weighted by Crippen LogP contribution is 2.29. The molecule has 0 spiro atoms. The van der Waals surface area contributed by atoms with Gasteiger partial charge in [-0.3, -0.25) is 0 Å². The monoisotopic (exact) mass is 184 g/mol. The molecule has 1 saturated carbocycles. The Morgan fingerprint density at radius 2 is 2.38 bits per heavy atom. The molecule has 1 unspecified atom stereocenters. The van der Waals surface area contributed by atoms with Gasteiger partial charge in [-0.25, -0.2) is 4.79 Å². The number of aliphatic hydroxyl groups is 1. The van der Waals surface area contributed by atoms with E-state index in [0.717, 1.165) is 0 Å². The molecule has 1 fully saturated rings. The minimum atomic E-state index is -0.502. The second kappa shape index (κ2) is 4.87. The first kappa shape index (κ1) is 10.1. The number of rotatable bonds is 4. The molecule has 1 aliphatic carbocycles. The molecular formula is C9H16N2O2. The quantitative estimate of drug-likeness (QED) is 0.599. The predicted octanol–water partition coefficient (Wildman–Crippen LogP) is 0.590. The zero-order valence-electron chi connectivity index (χ0n) is 7.79. The maximum Gasteiger partial charge on any atom is 0.318 e. The van der Waals surface area contributed by atoms with E-state index in [1.807, 2.05) is 6.08 Å². The van der Waals surface area contributed by atoms with Gasteiger partial charge >= 0.3 is 6.03 Å². The van der Waals surface area contributed by atoms with Crippen LogP contribution in [0.3, 0.4) is 0 Å². The van der Waals surface area contributed by atoms with Crippen molar-refractivity contribution in [1.29, 1.82) is 0 Å². The topological polar surface area (TPSA) is 61.4 Å². The fraction of sp³-hybridized carbons (Fsp3) is 0.667. The van der Waals surface area contributed by atoms with Crippen molar-refractivity contribution in [2.75, 3.05) is 6.54 Å². The summed E-state index contributed by atoms with van der Waals surface area (Å²) in [6, 6.07) is -0.266. The number of amides is 2. The molecule has 2 amide bonds. The second-order valence-electron chi connectivity index (χ2n) is 3.40. The molecule has 1 aliphatic rings. The Morgan fingerprint density at radius 3 is 2.92 bits per heavy atom. The zero-order valence-corrected chi connectivity index (χ0v) is 7.79. The molecule has 0 aromatic rings. The van der Waals surface area contributed by atoms with Crippen LogP contribution in [0.4, 0.5) is 4.79 Å². The van der Waals surface area contributed by atoms with Crippen molar-refractivity contribution in [3.8, 4) is 0 Å². The van der Waals surface area contributed by atoms with Gasteiger partial charge in [0.15, 0.2) is 0 Å². The summed E-state index contributed by atoms with van der Waals surface area (Å²) >= 11 is 0. The second-order valence-corrected chi connectivity index (χ2v) is 3.40. The number of urea groups is 1. The number of carbonyl (C=O) groups excluding carboxylic acids is 1. The predicted molar refractivity (Wildman–Crippen MR) is 50.1 cm³/mol. The van der Waals surface area contributed by atoms with Gasteiger partial charge in [-0.1, -0.05) is 6.08 Å². The van der Waals surface area contributed by atoms with Gasteiger partial charge in [-0.05, 0) is 25.7 Å². The molecule has 0 aromatic heterocycles. The summed E-state index contributed by atoms with van der Waals surface area (Å²) in [7, 11) is 0. The van der Waals surface area contributed by atoms with Gasteiger partial charge in [0.1, 0.15) is 0 Å². The van der Waals surface area contributed by atoms with E-state index in [1.165, 1.54) is 12.8 Å². The largest absolute Gasteiger partial charge is 0.392 e. The van der Waals surface area contributed by atoms with E-state index in [0.29, 0.717) is 5.92 Å². The van der Waals surface area contributed by atoms with E-state index in [9.17, 15) is 4.79 Å². The van der Waals surface area contributed by atoms with Crippen molar-refractivity contribution in [2.45, 2.75) is 25.9 Å². The van der Waals surface area contributed by atoms with Gasteiger partial charge in [-0.15, -0.1) is 0 Å². The van der Waals surface area contributed by atoms with Crippen LogP contribution >= 0.6 is 0 Å². The van der Waals surface area contributed by atoms with Crippen molar-refractivity contribution in [2.24, 2.45) is 5.92 Å². The first-order valence-corrected chi connectivity index (χ1v) is 4.57. The van der Waals surface area contributed by atoms with Crippen LogP contribution < -0.4 is 10.6 Å². The van der Waals surface area contributed by atoms with Gasteiger partial charge in [0.25, 0.3) is 0 Å². The van der Waals surface area contributed by atoms with Gasteiger partial charge in [-0.2, -0.15) is 0 Å². The Balaban J connectivity index is 2.02. The molecule has 0 bridgehead atoms. The normalized spacial score (nSPS) is 18.6. The minimum absolute atomic E-state index is 0.266. The molecule has 1 atom stereocenters. The maximum atomic E-state index is 11.0. The van der Waals surface area contributed by atoms with Crippen molar-refractivity contribution in [3.63, 3.8) is 0 Å². The van der Waals surface area contributed by atoms with E-state index in [2.05, 4.69) is 10.6 Å².